The normalized spacial score (nSPS) is 11.7. The van der Waals surface area contributed by atoms with Crippen LogP contribution in [0.3, 0.4) is 0 Å². The van der Waals surface area contributed by atoms with Crippen molar-refractivity contribution in [1.29, 1.82) is 0 Å². The number of amides is 2. The lowest BCUT2D eigenvalue weighted by Gasteiger charge is -2.12. The molecular weight excluding hydrogens is 290 g/mol. The number of hydrogen-bond donors (Lipinski definition) is 3. The molecule has 0 fully saturated rings. The SMILES string of the molecule is C[C@@H](NC(=O)Nc1ccncc1)c1ncc(-c2ccccc2)[nH]1. The van der Waals surface area contributed by atoms with Gasteiger partial charge in [-0.25, -0.2) is 9.78 Å². The first-order chi connectivity index (χ1) is 11.2. The van der Waals surface area contributed by atoms with E-state index in [2.05, 4.69) is 25.6 Å². The number of imidazole rings is 1. The van der Waals surface area contributed by atoms with Gasteiger partial charge in [0.15, 0.2) is 0 Å². The molecule has 3 rings (SSSR count). The van der Waals surface area contributed by atoms with Gasteiger partial charge in [0.2, 0.25) is 0 Å². The second-order valence-corrected chi connectivity index (χ2v) is 5.10. The largest absolute Gasteiger partial charge is 0.340 e. The van der Waals surface area contributed by atoms with Crippen LogP contribution in [0.25, 0.3) is 11.3 Å². The molecule has 0 aliphatic rings. The number of urea groups is 1. The third kappa shape index (κ3) is 3.74. The monoisotopic (exact) mass is 307 g/mol. The molecule has 0 aliphatic carbocycles. The maximum Gasteiger partial charge on any atom is 0.319 e. The molecule has 0 saturated carbocycles. The molecule has 0 spiro atoms. The third-order valence-electron chi connectivity index (χ3n) is 3.38. The lowest BCUT2D eigenvalue weighted by atomic mass is 10.2. The first-order valence-corrected chi connectivity index (χ1v) is 7.30. The van der Waals surface area contributed by atoms with Gasteiger partial charge in [-0.05, 0) is 24.6 Å². The Balaban J connectivity index is 1.63. The average molecular weight is 307 g/mol. The number of nitrogens with one attached hydrogen (secondary N) is 3. The minimum absolute atomic E-state index is 0.241. The number of rotatable bonds is 4. The molecule has 0 unspecified atom stereocenters. The molecule has 0 radical (unpaired) electrons. The van der Waals surface area contributed by atoms with Crippen molar-refractivity contribution >= 4 is 11.7 Å². The number of carbonyl (C=O) groups excluding carboxylic acids is 1. The fraction of sp³-hybridized carbons (Fsp3) is 0.118. The van der Waals surface area contributed by atoms with E-state index in [4.69, 9.17) is 0 Å². The Bertz CT molecular complexity index is 770. The van der Waals surface area contributed by atoms with E-state index in [1.165, 1.54) is 0 Å². The molecular formula is C17H17N5O. The van der Waals surface area contributed by atoms with E-state index < -0.39 is 0 Å². The van der Waals surface area contributed by atoms with Crippen LogP contribution in [0, 0.1) is 0 Å². The summed E-state index contributed by atoms with van der Waals surface area (Å²) < 4.78 is 0. The van der Waals surface area contributed by atoms with E-state index in [0.29, 0.717) is 11.5 Å². The van der Waals surface area contributed by atoms with E-state index in [1.54, 1.807) is 30.7 Å². The Labute approximate surface area is 134 Å². The van der Waals surface area contributed by atoms with Crippen LogP contribution in [0.15, 0.2) is 61.1 Å². The molecule has 2 amide bonds. The molecule has 0 aliphatic heterocycles. The van der Waals surface area contributed by atoms with E-state index in [1.807, 2.05) is 37.3 Å². The molecule has 2 heterocycles. The standard InChI is InChI=1S/C17H17N5O/c1-12(20-17(23)21-14-7-9-18-10-8-14)16-19-11-15(22-16)13-5-3-2-4-6-13/h2-12H,1H3,(H,19,22)(H2,18,20,21,23)/t12-/m1/s1. The van der Waals surface area contributed by atoms with Crippen molar-refractivity contribution in [2.75, 3.05) is 5.32 Å². The number of benzene rings is 1. The summed E-state index contributed by atoms with van der Waals surface area (Å²) in [7, 11) is 0. The molecule has 6 heteroatoms. The predicted octanol–water partition coefficient (Wildman–Crippen LogP) is 3.35. The van der Waals surface area contributed by atoms with Crippen LogP contribution in [0.5, 0.6) is 0 Å². The first kappa shape index (κ1) is 14.8. The zero-order valence-corrected chi connectivity index (χ0v) is 12.7. The molecule has 1 aromatic carbocycles. The Morgan fingerprint density at radius 1 is 1.13 bits per heavy atom. The van der Waals surface area contributed by atoms with Crippen molar-refractivity contribution in [2.45, 2.75) is 13.0 Å². The lowest BCUT2D eigenvalue weighted by molar-refractivity contribution is 0.249. The van der Waals surface area contributed by atoms with Crippen LogP contribution in [-0.2, 0) is 0 Å². The van der Waals surface area contributed by atoms with Crippen LogP contribution in [0.1, 0.15) is 18.8 Å². The fourth-order valence-electron chi connectivity index (χ4n) is 2.19. The highest BCUT2D eigenvalue weighted by Gasteiger charge is 2.13. The van der Waals surface area contributed by atoms with Crippen LogP contribution in [0.2, 0.25) is 0 Å². The van der Waals surface area contributed by atoms with Crippen molar-refractivity contribution in [3.05, 3.63) is 66.9 Å². The minimum Gasteiger partial charge on any atom is -0.340 e. The maximum atomic E-state index is 12.0. The van der Waals surface area contributed by atoms with Crippen LogP contribution < -0.4 is 10.6 Å². The third-order valence-corrected chi connectivity index (χ3v) is 3.38. The highest BCUT2D eigenvalue weighted by Crippen LogP contribution is 2.18. The second kappa shape index (κ2) is 6.74. The minimum atomic E-state index is -0.290. The smallest absolute Gasteiger partial charge is 0.319 e. The summed E-state index contributed by atoms with van der Waals surface area (Å²) in [5.74, 6) is 0.703. The summed E-state index contributed by atoms with van der Waals surface area (Å²) in [4.78, 5) is 23.5. The van der Waals surface area contributed by atoms with Crippen LogP contribution in [-0.4, -0.2) is 21.0 Å². The number of aromatic nitrogens is 3. The Morgan fingerprint density at radius 3 is 2.61 bits per heavy atom. The van der Waals surface area contributed by atoms with E-state index in [9.17, 15) is 4.79 Å². The van der Waals surface area contributed by atoms with Crippen molar-refractivity contribution in [1.82, 2.24) is 20.3 Å². The second-order valence-electron chi connectivity index (χ2n) is 5.10. The zero-order valence-electron chi connectivity index (χ0n) is 12.7. The number of carbonyl (C=O) groups is 1. The summed E-state index contributed by atoms with van der Waals surface area (Å²) in [6.45, 7) is 1.87. The zero-order chi connectivity index (χ0) is 16.1. The number of pyridine rings is 1. The van der Waals surface area contributed by atoms with Crippen molar-refractivity contribution in [3.63, 3.8) is 0 Å². The van der Waals surface area contributed by atoms with Gasteiger partial charge in [0.25, 0.3) is 0 Å². The van der Waals surface area contributed by atoms with Gasteiger partial charge in [0.05, 0.1) is 17.9 Å². The van der Waals surface area contributed by atoms with Gasteiger partial charge in [-0.3, -0.25) is 4.98 Å². The summed E-state index contributed by atoms with van der Waals surface area (Å²) >= 11 is 0. The Hall–Kier alpha value is -3.15. The van der Waals surface area contributed by atoms with Crippen molar-refractivity contribution < 1.29 is 4.79 Å². The molecule has 0 bridgehead atoms. The number of hydrogen-bond acceptors (Lipinski definition) is 3. The highest BCUT2D eigenvalue weighted by molar-refractivity contribution is 5.89. The highest BCUT2D eigenvalue weighted by atomic mass is 16.2. The van der Waals surface area contributed by atoms with Gasteiger partial charge < -0.3 is 15.6 Å². The van der Waals surface area contributed by atoms with Gasteiger partial charge in [-0.15, -0.1) is 0 Å². The summed E-state index contributed by atoms with van der Waals surface area (Å²) in [6.07, 6.45) is 5.01. The Morgan fingerprint density at radius 2 is 1.87 bits per heavy atom. The average Bonchev–Trinajstić information content (AvgIpc) is 3.06. The van der Waals surface area contributed by atoms with Gasteiger partial charge in [0, 0.05) is 18.1 Å². The Kier molecular flexibility index (Phi) is 4.33. The van der Waals surface area contributed by atoms with Gasteiger partial charge in [-0.2, -0.15) is 0 Å². The topological polar surface area (TPSA) is 82.7 Å². The van der Waals surface area contributed by atoms with E-state index >= 15 is 0 Å². The van der Waals surface area contributed by atoms with Gasteiger partial charge in [0.1, 0.15) is 5.82 Å². The van der Waals surface area contributed by atoms with Crippen LogP contribution in [0.4, 0.5) is 10.5 Å². The van der Waals surface area contributed by atoms with Gasteiger partial charge in [-0.1, -0.05) is 30.3 Å². The van der Waals surface area contributed by atoms with Gasteiger partial charge >= 0.3 is 6.03 Å². The number of H-pyrrole nitrogens is 1. The van der Waals surface area contributed by atoms with E-state index in [0.717, 1.165) is 11.3 Å². The number of nitrogens with zero attached hydrogens (tertiary/aromatic N) is 2. The predicted molar refractivity (Wildman–Crippen MR) is 88.8 cm³/mol. The molecule has 2 aromatic heterocycles. The summed E-state index contributed by atoms with van der Waals surface area (Å²) in [6, 6.07) is 12.8. The number of aromatic amines is 1. The molecule has 1 atom stereocenters. The maximum absolute atomic E-state index is 12.0. The molecule has 23 heavy (non-hydrogen) atoms. The lowest BCUT2D eigenvalue weighted by Crippen LogP contribution is -2.31. The van der Waals surface area contributed by atoms with E-state index in [-0.39, 0.29) is 12.1 Å². The fourth-order valence-corrected chi connectivity index (χ4v) is 2.19. The summed E-state index contributed by atoms with van der Waals surface area (Å²) in [5, 5.41) is 5.59. The molecule has 3 N–H and O–H groups in total. The van der Waals surface area contributed by atoms with Crippen molar-refractivity contribution in [2.24, 2.45) is 0 Å². The summed E-state index contributed by atoms with van der Waals surface area (Å²) in [5.41, 5.74) is 2.66. The molecule has 0 saturated heterocycles. The molecule has 116 valence electrons. The number of anilines is 1. The molecule has 6 nitrogen and oxygen atoms in total. The quantitative estimate of drug-likeness (QED) is 0.691. The van der Waals surface area contributed by atoms with Crippen molar-refractivity contribution in [3.8, 4) is 11.3 Å². The van der Waals surface area contributed by atoms with Crippen LogP contribution >= 0.6 is 0 Å². The molecule has 3 aromatic rings. The first-order valence-electron chi connectivity index (χ1n) is 7.30.